The average molecular weight is 647 g/mol. The van der Waals surface area contributed by atoms with Crippen molar-refractivity contribution in [1.29, 1.82) is 0 Å². The van der Waals surface area contributed by atoms with E-state index in [9.17, 15) is 19.2 Å². The molecule has 0 aliphatic carbocycles. The predicted octanol–water partition coefficient (Wildman–Crippen LogP) is 5.85. The number of thioether (sulfide) groups is 1. The highest BCUT2D eigenvalue weighted by atomic mass is 79.9. The van der Waals surface area contributed by atoms with Gasteiger partial charge in [0.25, 0.3) is 0 Å². The molecule has 8 nitrogen and oxygen atoms in total. The van der Waals surface area contributed by atoms with Crippen LogP contribution in [0, 0.1) is 5.92 Å². The molecule has 7 rings (SSSR count). The molecule has 0 unspecified atom stereocenters. The van der Waals surface area contributed by atoms with Crippen molar-refractivity contribution >= 4 is 78.9 Å². The number of benzene rings is 3. The summed E-state index contributed by atoms with van der Waals surface area (Å²) in [5.74, 6) is -1.97. The quantitative estimate of drug-likeness (QED) is 0.241. The number of fused-ring (bicyclic) bond motifs is 3. The summed E-state index contributed by atoms with van der Waals surface area (Å²) in [5.41, 5.74) is 1.12. The van der Waals surface area contributed by atoms with Crippen LogP contribution >= 0.6 is 39.0 Å². The Morgan fingerprint density at radius 1 is 0.927 bits per heavy atom. The minimum absolute atomic E-state index is 0.234. The summed E-state index contributed by atoms with van der Waals surface area (Å²) in [7, 11) is 0. The van der Waals surface area contributed by atoms with Gasteiger partial charge in [0.05, 0.1) is 33.7 Å². The fourth-order valence-electron chi connectivity index (χ4n) is 5.54. The molecule has 5 aromatic rings. The molecular formula is C30H20BrN3O5S2. The van der Waals surface area contributed by atoms with Gasteiger partial charge in [-0.15, -0.1) is 0 Å². The normalized spacial score (nSPS) is 19.8. The number of nitrogens with one attached hydrogen (secondary N) is 1. The molecule has 3 atom stereocenters. The van der Waals surface area contributed by atoms with E-state index in [1.165, 1.54) is 27.5 Å². The van der Waals surface area contributed by atoms with E-state index < -0.39 is 17.1 Å². The Hall–Kier alpha value is -3.93. The number of hydrogen-bond acceptors (Lipinski definition) is 7. The Kier molecular flexibility index (Phi) is 6.44. The van der Waals surface area contributed by atoms with E-state index in [-0.39, 0.29) is 29.1 Å². The zero-order chi connectivity index (χ0) is 28.2. The molecule has 2 aliphatic heterocycles. The van der Waals surface area contributed by atoms with Crippen LogP contribution in [0.4, 0.5) is 11.4 Å². The lowest BCUT2D eigenvalue weighted by Gasteiger charge is -2.29. The number of nitrogens with zero attached hydrogens (tertiary/aromatic N) is 2. The van der Waals surface area contributed by atoms with Crippen molar-refractivity contribution in [3.63, 3.8) is 0 Å². The molecule has 4 heterocycles. The monoisotopic (exact) mass is 645 g/mol. The van der Waals surface area contributed by atoms with Crippen molar-refractivity contribution in [2.24, 2.45) is 5.92 Å². The zero-order valence-electron chi connectivity index (χ0n) is 21.2. The summed E-state index contributed by atoms with van der Waals surface area (Å²) in [5, 5.41) is 4.54. The van der Waals surface area contributed by atoms with Gasteiger partial charge in [-0.05, 0) is 47.9 Å². The molecule has 1 fully saturated rings. The SMILES string of the molecule is O=C(Cn1c2c(sc1=O)[C@@H](c1ccco1)[C@@H]1C(=O)N(c3ccc(Br)cc3)C(=O)[C@@H]1S2)Nc1cccc2ccccc12. The molecular weight excluding hydrogens is 626 g/mol. The van der Waals surface area contributed by atoms with Crippen LogP contribution in [-0.2, 0) is 20.9 Å². The Morgan fingerprint density at radius 3 is 2.49 bits per heavy atom. The largest absolute Gasteiger partial charge is 0.469 e. The van der Waals surface area contributed by atoms with Gasteiger partial charge in [-0.2, -0.15) is 0 Å². The standard InChI is InChI=1S/C30H20BrN3O5S2/c31-17-10-12-18(13-11-17)34-27(36)24-23(21-9-4-14-39-21)26-29(40-25(24)28(34)37)33(30(38)41-26)15-22(35)32-20-8-3-6-16-5-1-2-7-19(16)20/h1-14,23-25H,15H2,(H,32,35)/t23-,24-,25+/m0/s1. The fourth-order valence-corrected chi connectivity index (χ4v) is 8.56. The fraction of sp³-hybridized carbons (Fsp3) is 0.133. The number of hydrogen-bond donors (Lipinski definition) is 1. The number of imide groups is 1. The van der Waals surface area contributed by atoms with Crippen LogP contribution in [0.3, 0.4) is 0 Å². The summed E-state index contributed by atoms with van der Waals surface area (Å²) in [4.78, 5) is 55.6. The van der Waals surface area contributed by atoms with Crippen LogP contribution in [0.5, 0.6) is 0 Å². The van der Waals surface area contributed by atoms with Crippen molar-refractivity contribution < 1.29 is 18.8 Å². The van der Waals surface area contributed by atoms with E-state index in [2.05, 4.69) is 21.2 Å². The molecule has 204 valence electrons. The Labute approximate surface area is 250 Å². The number of thiazole rings is 1. The second-order valence-corrected chi connectivity index (χ2v) is 12.8. The third kappa shape index (κ3) is 4.35. The predicted molar refractivity (Wildman–Crippen MR) is 161 cm³/mol. The van der Waals surface area contributed by atoms with Gasteiger partial charge in [0, 0.05) is 15.5 Å². The molecule has 3 amide bonds. The molecule has 1 N–H and O–H groups in total. The number of amides is 3. The molecule has 0 radical (unpaired) electrons. The number of rotatable bonds is 5. The highest BCUT2D eigenvalue weighted by Crippen LogP contribution is 2.54. The van der Waals surface area contributed by atoms with Crippen LogP contribution in [-0.4, -0.2) is 27.5 Å². The Bertz CT molecular complexity index is 1890. The minimum atomic E-state index is -0.782. The number of aromatic nitrogens is 1. The van der Waals surface area contributed by atoms with E-state index in [0.29, 0.717) is 27.0 Å². The maximum atomic E-state index is 13.8. The maximum Gasteiger partial charge on any atom is 0.308 e. The van der Waals surface area contributed by atoms with E-state index in [1.54, 1.807) is 36.4 Å². The van der Waals surface area contributed by atoms with E-state index >= 15 is 0 Å². The van der Waals surface area contributed by atoms with Gasteiger partial charge in [0.15, 0.2) is 0 Å². The van der Waals surface area contributed by atoms with Gasteiger partial charge in [-0.1, -0.05) is 75.4 Å². The molecule has 41 heavy (non-hydrogen) atoms. The summed E-state index contributed by atoms with van der Waals surface area (Å²) in [6.45, 7) is -0.234. The second kappa shape index (κ2) is 10.2. The van der Waals surface area contributed by atoms with E-state index in [4.69, 9.17) is 4.42 Å². The van der Waals surface area contributed by atoms with Gasteiger partial charge >= 0.3 is 4.87 Å². The van der Waals surface area contributed by atoms with Crippen molar-refractivity contribution in [2.75, 3.05) is 10.2 Å². The summed E-state index contributed by atoms with van der Waals surface area (Å²) >= 11 is 5.55. The van der Waals surface area contributed by atoms with Gasteiger partial charge in [0.1, 0.15) is 17.6 Å². The van der Waals surface area contributed by atoms with Gasteiger partial charge in [0.2, 0.25) is 17.7 Å². The smallest absolute Gasteiger partial charge is 0.308 e. The highest BCUT2D eigenvalue weighted by Gasteiger charge is 2.57. The minimum Gasteiger partial charge on any atom is -0.469 e. The van der Waals surface area contributed by atoms with Crippen LogP contribution in [0.25, 0.3) is 10.8 Å². The van der Waals surface area contributed by atoms with Gasteiger partial charge < -0.3 is 9.73 Å². The van der Waals surface area contributed by atoms with E-state index in [1.807, 2.05) is 42.5 Å². The second-order valence-electron chi connectivity index (χ2n) is 9.74. The number of anilines is 2. The molecule has 1 saturated heterocycles. The number of carbonyl (C=O) groups is 3. The molecule has 11 heteroatoms. The molecule has 0 saturated carbocycles. The highest BCUT2D eigenvalue weighted by molar-refractivity contribution is 9.10. The van der Waals surface area contributed by atoms with Crippen LogP contribution < -0.4 is 15.1 Å². The number of furan rings is 1. The Balaban J connectivity index is 1.25. The number of carbonyl (C=O) groups excluding carboxylic acids is 3. The first-order valence-electron chi connectivity index (χ1n) is 12.8. The third-order valence-electron chi connectivity index (χ3n) is 7.35. The first kappa shape index (κ1) is 26.0. The van der Waals surface area contributed by atoms with Crippen LogP contribution in [0.2, 0.25) is 0 Å². The summed E-state index contributed by atoms with van der Waals surface area (Å²) in [6.07, 6.45) is 1.51. The third-order valence-corrected chi connectivity index (χ3v) is 10.5. The summed E-state index contributed by atoms with van der Waals surface area (Å²) < 4.78 is 7.97. The van der Waals surface area contributed by atoms with Crippen LogP contribution in [0.1, 0.15) is 16.6 Å². The average Bonchev–Trinajstić information content (AvgIpc) is 3.67. The van der Waals surface area contributed by atoms with E-state index in [0.717, 1.165) is 26.6 Å². The molecule has 0 bridgehead atoms. The van der Waals surface area contributed by atoms with Crippen molar-refractivity contribution in [1.82, 2.24) is 4.57 Å². The van der Waals surface area contributed by atoms with Crippen molar-refractivity contribution in [3.05, 3.63) is 110 Å². The molecule has 2 aliphatic rings. The molecule has 3 aromatic carbocycles. The molecule has 2 aromatic heterocycles. The topological polar surface area (TPSA) is 102 Å². The lowest BCUT2D eigenvalue weighted by atomic mass is 9.87. The zero-order valence-corrected chi connectivity index (χ0v) is 24.4. The van der Waals surface area contributed by atoms with Crippen molar-refractivity contribution in [2.45, 2.75) is 22.7 Å². The summed E-state index contributed by atoms with van der Waals surface area (Å²) in [6, 6.07) is 23.8. The first-order valence-corrected chi connectivity index (χ1v) is 15.2. The van der Waals surface area contributed by atoms with Gasteiger partial charge in [-0.25, -0.2) is 4.90 Å². The molecule has 0 spiro atoms. The maximum absolute atomic E-state index is 13.8. The van der Waals surface area contributed by atoms with Gasteiger partial charge in [-0.3, -0.25) is 23.7 Å². The van der Waals surface area contributed by atoms with Crippen molar-refractivity contribution in [3.8, 4) is 0 Å². The Morgan fingerprint density at radius 2 is 1.71 bits per heavy atom. The first-order chi connectivity index (χ1) is 19.9. The lowest BCUT2D eigenvalue weighted by molar-refractivity contribution is -0.122. The van der Waals surface area contributed by atoms with Crippen LogP contribution in [0.15, 0.2) is 104 Å². The lowest BCUT2D eigenvalue weighted by Crippen LogP contribution is -2.32. The number of halogens is 1.